The van der Waals surface area contributed by atoms with Gasteiger partial charge in [0.15, 0.2) is 0 Å². The minimum Gasteiger partial charge on any atom is -0.355 e. The van der Waals surface area contributed by atoms with Crippen LogP contribution in [0, 0.1) is 0 Å². The topological polar surface area (TPSA) is 61.0 Å². The molecule has 2 heterocycles. The third-order valence-electron chi connectivity index (χ3n) is 3.84. The summed E-state index contributed by atoms with van der Waals surface area (Å²) in [5.41, 5.74) is 2.51. The first-order valence-electron chi connectivity index (χ1n) is 7.19. The Morgan fingerprint density at radius 3 is 2.90 bits per heavy atom. The quantitative estimate of drug-likeness (QED) is 0.897. The van der Waals surface area contributed by atoms with Gasteiger partial charge in [0.05, 0.1) is 17.6 Å². The second-order valence-electron chi connectivity index (χ2n) is 5.33. The number of likely N-dealkylation sites (tertiary alicyclic amines) is 1. The summed E-state index contributed by atoms with van der Waals surface area (Å²) in [7, 11) is 1.64. The van der Waals surface area contributed by atoms with Crippen LogP contribution in [0.25, 0.3) is 11.0 Å². The Kier molecular flexibility index (Phi) is 3.69. The van der Waals surface area contributed by atoms with Crippen molar-refractivity contribution < 1.29 is 4.79 Å². The molecule has 1 aliphatic heterocycles. The van der Waals surface area contributed by atoms with Crippen LogP contribution in [0.5, 0.6) is 0 Å². The molecule has 1 aromatic carbocycles. The van der Waals surface area contributed by atoms with E-state index in [1.165, 1.54) is 19.3 Å². The van der Waals surface area contributed by atoms with Gasteiger partial charge in [-0.2, -0.15) is 0 Å². The second kappa shape index (κ2) is 5.63. The standard InChI is InChI=1S/C15H20N4O/c1-16-15(20)11-5-6-12-13(9-11)18-14(17-12)10-19-7-3-2-4-8-19/h5-6,9H,2-4,7-8,10H2,1H3,(H,16,20)(H,17,18). The molecule has 0 aliphatic carbocycles. The van der Waals surface area contributed by atoms with Crippen molar-refractivity contribution in [2.45, 2.75) is 25.8 Å². The lowest BCUT2D eigenvalue weighted by molar-refractivity contribution is 0.0963. The van der Waals surface area contributed by atoms with Crippen molar-refractivity contribution in [3.05, 3.63) is 29.6 Å². The zero-order chi connectivity index (χ0) is 13.9. The smallest absolute Gasteiger partial charge is 0.251 e. The number of fused-ring (bicyclic) bond motifs is 1. The SMILES string of the molecule is CNC(=O)c1ccc2nc(CN3CCCCC3)[nH]c2c1. The fourth-order valence-electron chi connectivity index (χ4n) is 2.75. The predicted octanol–water partition coefficient (Wildman–Crippen LogP) is 1.91. The minimum atomic E-state index is -0.0703. The summed E-state index contributed by atoms with van der Waals surface area (Å²) in [6.45, 7) is 3.17. The van der Waals surface area contributed by atoms with Crippen molar-refractivity contribution in [1.82, 2.24) is 20.2 Å². The Balaban J connectivity index is 1.81. The zero-order valence-corrected chi connectivity index (χ0v) is 11.8. The van der Waals surface area contributed by atoms with Gasteiger partial charge >= 0.3 is 0 Å². The number of hydrogen-bond donors (Lipinski definition) is 2. The van der Waals surface area contributed by atoms with Gasteiger partial charge in [-0.1, -0.05) is 6.42 Å². The second-order valence-corrected chi connectivity index (χ2v) is 5.33. The van der Waals surface area contributed by atoms with E-state index in [4.69, 9.17) is 0 Å². The summed E-state index contributed by atoms with van der Waals surface area (Å²) in [5.74, 6) is 0.912. The maximum absolute atomic E-state index is 11.6. The highest BCUT2D eigenvalue weighted by atomic mass is 16.1. The fourth-order valence-corrected chi connectivity index (χ4v) is 2.75. The number of rotatable bonds is 3. The van der Waals surface area contributed by atoms with Crippen molar-refractivity contribution in [1.29, 1.82) is 0 Å². The molecule has 0 saturated carbocycles. The number of nitrogens with one attached hydrogen (secondary N) is 2. The van der Waals surface area contributed by atoms with Crippen LogP contribution in [0.2, 0.25) is 0 Å². The van der Waals surface area contributed by atoms with Crippen molar-refractivity contribution in [3.8, 4) is 0 Å². The molecule has 1 saturated heterocycles. The van der Waals surface area contributed by atoms with E-state index in [1.54, 1.807) is 7.05 Å². The lowest BCUT2D eigenvalue weighted by atomic mass is 10.1. The van der Waals surface area contributed by atoms with E-state index in [0.29, 0.717) is 5.56 Å². The van der Waals surface area contributed by atoms with Crippen LogP contribution >= 0.6 is 0 Å². The number of aromatic amines is 1. The van der Waals surface area contributed by atoms with Crippen molar-refractivity contribution in [2.75, 3.05) is 20.1 Å². The Morgan fingerprint density at radius 2 is 2.15 bits per heavy atom. The number of piperidine rings is 1. The third kappa shape index (κ3) is 2.67. The van der Waals surface area contributed by atoms with Crippen LogP contribution in [-0.4, -0.2) is 40.9 Å². The number of hydrogen-bond acceptors (Lipinski definition) is 3. The highest BCUT2D eigenvalue weighted by molar-refractivity contribution is 5.97. The summed E-state index contributed by atoms with van der Waals surface area (Å²) in [4.78, 5) is 22.0. The van der Waals surface area contributed by atoms with Gasteiger partial charge in [-0.3, -0.25) is 9.69 Å². The van der Waals surface area contributed by atoms with E-state index in [0.717, 1.165) is 36.5 Å². The number of benzene rings is 1. The average molecular weight is 272 g/mol. The molecule has 0 unspecified atom stereocenters. The number of imidazole rings is 1. The summed E-state index contributed by atoms with van der Waals surface area (Å²) in [6.07, 6.45) is 3.90. The summed E-state index contributed by atoms with van der Waals surface area (Å²) in [6, 6.07) is 5.57. The van der Waals surface area contributed by atoms with Gasteiger partial charge in [0.25, 0.3) is 5.91 Å². The first kappa shape index (κ1) is 13.1. The van der Waals surface area contributed by atoms with Gasteiger partial charge in [-0.05, 0) is 44.1 Å². The van der Waals surface area contributed by atoms with Crippen LogP contribution in [0.3, 0.4) is 0 Å². The molecule has 2 aromatic rings. The monoisotopic (exact) mass is 272 g/mol. The Hall–Kier alpha value is -1.88. The van der Waals surface area contributed by atoms with E-state index in [-0.39, 0.29) is 5.91 Å². The van der Waals surface area contributed by atoms with Gasteiger partial charge in [-0.15, -0.1) is 0 Å². The summed E-state index contributed by atoms with van der Waals surface area (Å²) >= 11 is 0. The number of aromatic nitrogens is 2. The zero-order valence-electron chi connectivity index (χ0n) is 11.8. The first-order chi connectivity index (χ1) is 9.76. The number of carbonyl (C=O) groups excluding carboxylic acids is 1. The molecule has 1 aromatic heterocycles. The number of amides is 1. The van der Waals surface area contributed by atoms with E-state index in [9.17, 15) is 4.79 Å². The Bertz CT molecular complexity index is 613. The van der Waals surface area contributed by atoms with Crippen LogP contribution in [0.4, 0.5) is 0 Å². The van der Waals surface area contributed by atoms with Gasteiger partial charge in [0, 0.05) is 12.6 Å². The highest BCUT2D eigenvalue weighted by Gasteiger charge is 2.13. The van der Waals surface area contributed by atoms with Crippen LogP contribution in [0.15, 0.2) is 18.2 Å². The van der Waals surface area contributed by atoms with E-state index in [2.05, 4.69) is 20.2 Å². The summed E-state index contributed by atoms with van der Waals surface area (Å²) in [5, 5.41) is 2.64. The molecule has 1 amide bonds. The molecule has 0 spiro atoms. The normalized spacial score (nSPS) is 16.4. The lowest BCUT2D eigenvalue weighted by Gasteiger charge is -2.25. The van der Waals surface area contributed by atoms with Gasteiger partial charge < -0.3 is 10.3 Å². The largest absolute Gasteiger partial charge is 0.355 e. The number of nitrogens with zero attached hydrogens (tertiary/aromatic N) is 2. The van der Waals surface area contributed by atoms with Crippen LogP contribution in [0.1, 0.15) is 35.4 Å². The molecule has 5 heteroatoms. The third-order valence-corrected chi connectivity index (χ3v) is 3.84. The van der Waals surface area contributed by atoms with Gasteiger partial charge in [-0.25, -0.2) is 4.98 Å². The molecule has 0 radical (unpaired) electrons. The number of carbonyl (C=O) groups is 1. The minimum absolute atomic E-state index is 0.0703. The molecule has 0 atom stereocenters. The maximum Gasteiger partial charge on any atom is 0.251 e. The predicted molar refractivity (Wildman–Crippen MR) is 78.6 cm³/mol. The molecule has 2 N–H and O–H groups in total. The van der Waals surface area contributed by atoms with Crippen LogP contribution < -0.4 is 5.32 Å². The molecule has 1 fully saturated rings. The molecule has 20 heavy (non-hydrogen) atoms. The molecule has 1 aliphatic rings. The van der Waals surface area contributed by atoms with Gasteiger partial charge in [0.1, 0.15) is 5.82 Å². The van der Waals surface area contributed by atoms with Crippen molar-refractivity contribution >= 4 is 16.9 Å². The molecular formula is C15H20N4O. The molecule has 5 nitrogen and oxygen atoms in total. The maximum atomic E-state index is 11.6. The first-order valence-corrected chi connectivity index (χ1v) is 7.19. The molecule has 106 valence electrons. The van der Waals surface area contributed by atoms with Gasteiger partial charge in [0.2, 0.25) is 0 Å². The highest BCUT2D eigenvalue weighted by Crippen LogP contribution is 2.16. The number of H-pyrrole nitrogens is 1. The Labute approximate surface area is 118 Å². The lowest BCUT2D eigenvalue weighted by Crippen LogP contribution is -2.29. The van der Waals surface area contributed by atoms with E-state index < -0.39 is 0 Å². The molecule has 0 bridgehead atoms. The average Bonchev–Trinajstić information content (AvgIpc) is 2.88. The van der Waals surface area contributed by atoms with Crippen LogP contribution in [-0.2, 0) is 6.54 Å². The fraction of sp³-hybridized carbons (Fsp3) is 0.467. The summed E-state index contributed by atoms with van der Waals surface area (Å²) < 4.78 is 0. The van der Waals surface area contributed by atoms with E-state index >= 15 is 0 Å². The van der Waals surface area contributed by atoms with Crippen molar-refractivity contribution in [2.24, 2.45) is 0 Å². The molecular weight excluding hydrogens is 252 g/mol. The van der Waals surface area contributed by atoms with Crippen molar-refractivity contribution in [3.63, 3.8) is 0 Å². The Morgan fingerprint density at radius 1 is 1.35 bits per heavy atom. The molecule has 3 rings (SSSR count). The van der Waals surface area contributed by atoms with E-state index in [1.807, 2.05) is 18.2 Å².